The highest BCUT2D eigenvalue weighted by atomic mass is 19.4. The molecular weight excluding hydrogens is 409 g/mol. The van der Waals surface area contributed by atoms with Gasteiger partial charge in [-0.1, -0.05) is 18.2 Å². The highest BCUT2D eigenvalue weighted by molar-refractivity contribution is 5.96. The molecule has 3 heterocycles. The minimum Gasteiger partial charge on any atom is -0.352 e. The maximum atomic E-state index is 13.2. The van der Waals surface area contributed by atoms with Gasteiger partial charge in [0.15, 0.2) is 11.6 Å². The summed E-state index contributed by atoms with van der Waals surface area (Å²) in [5, 5.41) is 11.4. The molecule has 31 heavy (non-hydrogen) atoms. The first kappa shape index (κ1) is 20.6. The predicted molar refractivity (Wildman–Crippen MR) is 109 cm³/mol. The standard InChI is InChI=1S/C21H19F3N6O/c22-21(23,24)16-6-2-1-5-15(16)20(31)30-13-11-29(12-14-30)19-9-8-18(27-28-19)26-17-7-3-4-10-25-17/h1-10H,11-14H2,(H,25,26,27). The zero-order valence-electron chi connectivity index (χ0n) is 16.4. The van der Waals surface area contributed by atoms with Crippen LogP contribution in [-0.2, 0) is 6.18 Å². The summed E-state index contributed by atoms with van der Waals surface area (Å²) in [5.41, 5.74) is -1.24. The van der Waals surface area contributed by atoms with Gasteiger partial charge < -0.3 is 15.1 Å². The van der Waals surface area contributed by atoms with Gasteiger partial charge in [0.2, 0.25) is 0 Å². The van der Waals surface area contributed by atoms with Crippen LogP contribution < -0.4 is 10.2 Å². The Morgan fingerprint density at radius 1 is 0.871 bits per heavy atom. The molecule has 0 spiro atoms. The zero-order valence-corrected chi connectivity index (χ0v) is 16.4. The predicted octanol–water partition coefficient (Wildman–Crippen LogP) is 3.60. The summed E-state index contributed by atoms with van der Waals surface area (Å²) in [6, 6.07) is 13.9. The first-order valence-corrected chi connectivity index (χ1v) is 9.64. The van der Waals surface area contributed by atoms with E-state index in [2.05, 4.69) is 20.5 Å². The Morgan fingerprint density at radius 2 is 1.61 bits per heavy atom. The summed E-state index contributed by atoms with van der Waals surface area (Å²) in [6.45, 7) is 1.48. The van der Waals surface area contributed by atoms with Gasteiger partial charge in [-0.05, 0) is 36.4 Å². The van der Waals surface area contributed by atoms with Crippen LogP contribution in [0, 0.1) is 0 Å². The monoisotopic (exact) mass is 428 g/mol. The summed E-state index contributed by atoms with van der Waals surface area (Å²) in [4.78, 5) is 20.2. The van der Waals surface area contributed by atoms with E-state index < -0.39 is 17.6 Å². The summed E-state index contributed by atoms with van der Waals surface area (Å²) >= 11 is 0. The molecule has 2 aromatic heterocycles. The molecular formula is C21H19F3N6O. The third-order valence-electron chi connectivity index (χ3n) is 4.93. The molecule has 0 saturated carbocycles. The highest BCUT2D eigenvalue weighted by Crippen LogP contribution is 2.32. The Morgan fingerprint density at radius 3 is 2.26 bits per heavy atom. The number of benzene rings is 1. The molecule has 1 N–H and O–H groups in total. The number of carbonyl (C=O) groups excluding carboxylic acids is 1. The fourth-order valence-corrected chi connectivity index (χ4v) is 3.35. The number of halogens is 3. The van der Waals surface area contributed by atoms with E-state index in [4.69, 9.17) is 0 Å². The molecule has 1 aliphatic heterocycles. The summed E-state index contributed by atoms with van der Waals surface area (Å²) in [7, 11) is 0. The van der Waals surface area contributed by atoms with Crippen molar-refractivity contribution in [2.24, 2.45) is 0 Å². The fourth-order valence-electron chi connectivity index (χ4n) is 3.35. The summed E-state index contributed by atoms with van der Waals surface area (Å²) in [6.07, 6.45) is -2.91. The van der Waals surface area contributed by atoms with Crippen LogP contribution in [0.5, 0.6) is 0 Å². The zero-order chi connectivity index (χ0) is 21.8. The molecule has 4 rings (SSSR count). The van der Waals surface area contributed by atoms with Gasteiger partial charge in [-0.3, -0.25) is 4.79 Å². The molecule has 0 atom stereocenters. The van der Waals surface area contributed by atoms with Gasteiger partial charge >= 0.3 is 6.18 Å². The van der Waals surface area contributed by atoms with Crippen molar-refractivity contribution in [3.8, 4) is 0 Å². The summed E-state index contributed by atoms with van der Waals surface area (Å²) < 4.78 is 39.7. The molecule has 0 radical (unpaired) electrons. The number of hydrogen-bond donors (Lipinski definition) is 1. The molecule has 1 amide bonds. The summed E-state index contributed by atoms with van der Waals surface area (Å²) in [5.74, 6) is 1.21. The van der Waals surface area contributed by atoms with Crippen LogP contribution in [0.1, 0.15) is 15.9 Å². The Bertz CT molecular complexity index is 1030. The van der Waals surface area contributed by atoms with Crippen molar-refractivity contribution in [3.63, 3.8) is 0 Å². The third-order valence-corrected chi connectivity index (χ3v) is 4.93. The largest absolute Gasteiger partial charge is 0.417 e. The highest BCUT2D eigenvalue weighted by Gasteiger charge is 2.36. The van der Waals surface area contributed by atoms with Gasteiger partial charge in [-0.15, -0.1) is 10.2 Å². The van der Waals surface area contributed by atoms with E-state index in [0.717, 1.165) is 6.07 Å². The number of nitrogens with zero attached hydrogens (tertiary/aromatic N) is 5. The van der Waals surface area contributed by atoms with Crippen LogP contribution in [0.2, 0.25) is 0 Å². The van der Waals surface area contributed by atoms with E-state index in [0.29, 0.717) is 43.6 Å². The van der Waals surface area contributed by atoms with E-state index in [1.54, 1.807) is 18.3 Å². The van der Waals surface area contributed by atoms with Crippen molar-refractivity contribution < 1.29 is 18.0 Å². The van der Waals surface area contributed by atoms with Crippen LogP contribution in [0.4, 0.5) is 30.6 Å². The van der Waals surface area contributed by atoms with E-state index >= 15 is 0 Å². The number of alkyl halides is 3. The number of rotatable bonds is 4. The average molecular weight is 428 g/mol. The first-order chi connectivity index (χ1) is 14.9. The minimum absolute atomic E-state index is 0.292. The average Bonchev–Trinajstić information content (AvgIpc) is 2.79. The lowest BCUT2D eigenvalue weighted by atomic mass is 10.1. The first-order valence-electron chi connectivity index (χ1n) is 9.64. The molecule has 1 fully saturated rings. The Balaban J connectivity index is 1.38. The van der Waals surface area contributed by atoms with Crippen LogP contribution in [-0.4, -0.2) is 52.2 Å². The van der Waals surface area contributed by atoms with E-state index in [1.807, 2.05) is 23.1 Å². The maximum absolute atomic E-state index is 13.2. The smallest absolute Gasteiger partial charge is 0.352 e. The SMILES string of the molecule is O=C(c1ccccc1C(F)(F)F)N1CCN(c2ccc(Nc3ccccn3)nn2)CC1. The number of pyridine rings is 1. The Hall–Kier alpha value is -3.69. The van der Waals surface area contributed by atoms with E-state index in [9.17, 15) is 18.0 Å². The number of nitrogens with one attached hydrogen (secondary N) is 1. The molecule has 3 aromatic rings. The van der Waals surface area contributed by atoms with Gasteiger partial charge in [0, 0.05) is 32.4 Å². The number of aromatic nitrogens is 3. The Kier molecular flexibility index (Phi) is 5.70. The number of amides is 1. The number of hydrogen-bond acceptors (Lipinski definition) is 6. The molecule has 0 bridgehead atoms. The molecule has 0 unspecified atom stereocenters. The van der Waals surface area contributed by atoms with Crippen molar-refractivity contribution in [3.05, 3.63) is 71.9 Å². The van der Waals surface area contributed by atoms with Gasteiger partial charge in [0.1, 0.15) is 5.82 Å². The third kappa shape index (κ3) is 4.73. The van der Waals surface area contributed by atoms with Crippen LogP contribution >= 0.6 is 0 Å². The van der Waals surface area contributed by atoms with Gasteiger partial charge in [-0.2, -0.15) is 13.2 Å². The second-order valence-corrected chi connectivity index (χ2v) is 6.94. The van der Waals surface area contributed by atoms with Gasteiger partial charge in [0.25, 0.3) is 5.91 Å². The van der Waals surface area contributed by atoms with Gasteiger partial charge in [-0.25, -0.2) is 4.98 Å². The van der Waals surface area contributed by atoms with Crippen molar-refractivity contribution in [2.75, 3.05) is 36.4 Å². The quantitative estimate of drug-likeness (QED) is 0.685. The number of piperazine rings is 1. The van der Waals surface area contributed by atoms with Crippen LogP contribution in [0.15, 0.2) is 60.8 Å². The van der Waals surface area contributed by atoms with Crippen LogP contribution in [0.25, 0.3) is 0 Å². The molecule has 7 nitrogen and oxygen atoms in total. The van der Waals surface area contributed by atoms with E-state index in [1.165, 1.54) is 23.1 Å². The van der Waals surface area contributed by atoms with Crippen molar-refractivity contribution in [1.82, 2.24) is 20.1 Å². The molecule has 0 aliphatic carbocycles. The van der Waals surface area contributed by atoms with Gasteiger partial charge in [0.05, 0.1) is 11.1 Å². The second-order valence-electron chi connectivity index (χ2n) is 6.94. The lowest BCUT2D eigenvalue weighted by molar-refractivity contribution is -0.138. The lowest BCUT2D eigenvalue weighted by Crippen LogP contribution is -2.49. The number of anilines is 3. The van der Waals surface area contributed by atoms with Crippen molar-refractivity contribution in [2.45, 2.75) is 6.18 Å². The maximum Gasteiger partial charge on any atom is 0.417 e. The molecule has 1 saturated heterocycles. The van der Waals surface area contributed by atoms with Crippen molar-refractivity contribution >= 4 is 23.4 Å². The van der Waals surface area contributed by atoms with E-state index in [-0.39, 0.29) is 5.56 Å². The number of carbonyl (C=O) groups is 1. The Labute approximate surface area is 176 Å². The van der Waals surface area contributed by atoms with Crippen LogP contribution in [0.3, 0.4) is 0 Å². The minimum atomic E-state index is -4.57. The molecule has 1 aromatic carbocycles. The lowest BCUT2D eigenvalue weighted by Gasteiger charge is -2.35. The second kappa shape index (κ2) is 8.58. The fraction of sp³-hybridized carbons (Fsp3) is 0.238. The molecule has 1 aliphatic rings. The molecule has 10 heteroatoms. The normalized spacial score (nSPS) is 14.4. The van der Waals surface area contributed by atoms with Crippen molar-refractivity contribution in [1.29, 1.82) is 0 Å². The topological polar surface area (TPSA) is 74.2 Å². The molecule has 160 valence electrons.